The molecular weight excluding hydrogens is 354 g/mol. The fourth-order valence-corrected chi connectivity index (χ4v) is 2.38. The van der Waals surface area contributed by atoms with Gasteiger partial charge in [0, 0.05) is 0 Å². The molecule has 5 N–H and O–H groups in total. The summed E-state index contributed by atoms with van der Waals surface area (Å²) < 4.78 is 5.35. The molecular formula is C10H14BrN3O5S. The van der Waals surface area contributed by atoms with E-state index in [-0.39, 0.29) is 22.5 Å². The second kappa shape index (κ2) is 6.41. The molecule has 1 aliphatic heterocycles. The average molecular weight is 368 g/mol. The first-order valence-electron chi connectivity index (χ1n) is 5.70. The Hall–Kier alpha value is -0.650. The zero-order chi connectivity index (χ0) is 14.9. The van der Waals surface area contributed by atoms with Gasteiger partial charge in [-0.2, -0.15) is 0 Å². The van der Waals surface area contributed by atoms with Gasteiger partial charge in [0.1, 0.15) is 22.8 Å². The largest absolute Gasteiger partial charge is 0.388 e. The van der Waals surface area contributed by atoms with Crippen molar-refractivity contribution in [2.75, 3.05) is 18.2 Å². The molecule has 1 saturated heterocycles. The summed E-state index contributed by atoms with van der Waals surface area (Å²) in [7, 11) is 0. The van der Waals surface area contributed by atoms with Crippen molar-refractivity contribution >= 4 is 33.5 Å². The molecule has 1 fully saturated rings. The third-order valence-corrected chi connectivity index (χ3v) is 4.13. The first-order valence-corrected chi connectivity index (χ1v) is 7.72. The van der Waals surface area contributed by atoms with Crippen molar-refractivity contribution in [2.24, 2.45) is 0 Å². The van der Waals surface area contributed by atoms with Crippen LogP contribution in [0, 0.1) is 0 Å². The van der Waals surface area contributed by atoms with Gasteiger partial charge in [-0.15, -0.1) is 0 Å². The summed E-state index contributed by atoms with van der Waals surface area (Å²) in [6.45, 7) is -0.133. The highest BCUT2D eigenvalue weighted by Crippen LogP contribution is 2.22. The van der Waals surface area contributed by atoms with E-state index in [9.17, 15) is 20.1 Å². The molecule has 0 spiro atoms. The standard InChI is InChI=1S/C10H14BrN3O5S/c1-20-10-13-7(4(11)8(18)14-10)12-9-6(17)5(16)3(15)2-19-9/h3,5-6,9,15-17H,2H2,1H3,(H2,12,13,14,18)/t3-,5-,6-,9-/m1/s1. The van der Waals surface area contributed by atoms with Crippen LogP contribution in [0.2, 0.25) is 0 Å². The number of H-pyrrole nitrogens is 1. The Bertz CT molecular complexity index is 542. The summed E-state index contributed by atoms with van der Waals surface area (Å²) in [5, 5.41) is 31.9. The zero-order valence-electron chi connectivity index (χ0n) is 10.4. The third-order valence-electron chi connectivity index (χ3n) is 2.81. The van der Waals surface area contributed by atoms with Gasteiger partial charge in [0.25, 0.3) is 5.56 Å². The highest BCUT2D eigenvalue weighted by molar-refractivity contribution is 9.10. The van der Waals surface area contributed by atoms with Crippen LogP contribution in [0.1, 0.15) is 0 Å². The van der Waals surface area contributed by atoms with Gasteiger partial charge in [0.15, 0.2) is 17.2 Å². The molecule has 10 heteroatoms. The number of ether oxygens (including phenoxy) is 1. The van der Waals surface area contributed by atoms with E-state index in [1.54, 1.807) is 6.26 Å². The summed E-state index contributed by atoms with van der Waals surface area (Å²) in [4.78, 5) is 18.4. The monoisotopic (exact) mass is 367 g/mol. The number of nitrogens with one attached hydrogen (secondary N) is 2. The van der Waals surface area contributed by atoms with Gasteiger partial charge in [-0.3, -0.25) is 4.79 Å². The molecule has 1 aromatic rings. The number of hydrogen-bond acceptors (Lipinski definition) is 8. The Morgan fingerprint density at radius 1 is 1.45 bits per heavy atom. The van der Waals surface area contributed by atoms with Gasteiger partial charge in [-0.25, -0.2) is 4.98 Å². The van der Waals surface area contributed by atoms with Crippen LogP contribution in [0.5, 0.6) is 0 Å². The maximum absolute atomic E-state index is 11.7. The number of thioether (sulfide) groups is 1. The first-order chi connectivity index (χ1) is 9.43. The SMILES string of the molecule is CSc1nc(N[C@@H]2OC[C@@H](O)[C@@H](O)[C@H]2O)c(Br)c(=O)[nH]1. The number of aliphatic hydroxyl groups excluding tert-OH is 3. The number of anilines is 1. The normalized spacial score (nSPS) is 30.2. The lowest BCUT2D eigenvalue weighted by molar-refractivity contribution is -0.178. The number of aromatic nitrogens is 2. The van der Waals surface area contributed by atoms with E-state index in [2.05, 4.69) is 31.2 Å². The predicted octanol–water partition coefficient (Wildman–Crippen LogP) is -0.895. The molecule has 2 rings (SSSR count). The highest BCUT2D eigenvalue weighted by Gasteiger charge is 2.38. The second-order valence-corrected chi connectivity index (χ2v) is 5.77. The van der Waals surface area contributed by atoms with Crippen LogP contribution in [-0.4, -0.2) is 62.7 Å². The predicted molar refractivity (Wildman–Crippen MR) is 75.7 cm³/mol. The summed E-state index contributed by atoms with van der Waals surface area (Å²) in [5.41, 5.74) is -0.377. The lowest BCUT2D eigenvalue weighted by atomic mass is 10.0. The molecule has 0 radical (unpaired) electrons. The Morgan fingerprint density at radius 3 is 2.80 bits per heavy atom. The average Bonchev–Trinajstić information content (AvgIpc) is 2.44. The minimum atomic E-state index is -1.34. The minimum Gasteiger partial charge on any atom is -0.388 e. The van der Waals surface area contributed by atoms with E-state index < -0.39 is 24.5 Å². The lowest BCUT2D eigenvalue weighted by Crippen LogP contribution is -2.55. The van der Waals surface area contributed by atoms with Gasteiger partial charge < -0.3 is 30.4 Å². The van der Waals surface area contributed by atoms with E-state index in [1.165, 1.54) is 11.8 Å². The minimum absolute atomic E-state index is 0.133. The van der Waals surface area contributed by atoms with E-state index in [1.807, 2.05) is 0 Å². The highest BCUT2D eigenvalue weighted by atomic mass is 79.9. The number of halogens is 1. The van der Waals surface area contributed by atoms with E-state index in [0.717, 1.165) is 0 Å². The van der Waals surface area contributed by atoms with Gasteiger partial charge >= 0.3 is 0 Å². The summed E-state index contributed by atoms with van der Waals surface area (Å²) >= 11 is 4.34. The molecule has 0 saturated carbocycles. The summed E-state index contributed by atoms with van der Waals surface area (Å²) in [5.74, 6) is 0.186. The van der Waals surface area contributed by atoms with E-state index in [0.29, 0.717) is 5.16 Å². The van der Waals surface area contributed by atoms with Crippen molar-refractivity contribution in [2.45, 2.75) is 29.7 Å². The molecule has 20 heavy (non-hydrogen) atoms. The molecule has 1 aromatic heterocycles. The van der Waals surface area contributed by atoms with E-state index in [4.69, 9.17) is 4.74 Å². The number of hydrogen-bond donors (Lipinski definition) is 5. The van der Waals surface area contributed by atoms with E-state index >= 15 is 0 Å². The molecule has 0 amide bonds. The summed E-state index contributed by atoms with van der Waals surface area (Å²) in [6.07, 6.45) is -3.05. The number of aliphatic hydroxyl groups is 3. The quantitative estimate of drug-likeness (QED) is 0.343. The molecule has 0 aliphatic carbocycles. The van der Waals surface area contributed by atoms with Crippen LogP contribution in [0.3, 0.4) is 0 Å². The number of aromatic amines is 1. The fraction of sp³-hybridized carbons (Fsp3) is 0.600. The molecule has 1 aliphatic rings. The smallest absolute Gasteiger partial charge is 0.268 e. The molecule has 0 aromatic carbocycles. The van der Waals surface area contributed by atoms with Gasteiger partial charge in [0.2, 0.25) is 0 Å². The molecule has 0 unspecified atom stereocenters. The maximum Gasteiger partial charge on any atom is 0.268 e. The van der Waals surface area contributed by atoms with Crippen molar-refractivity contribution in [3.63, 3.8) is 0 Å². The molecule has 2 heterocycles. The van der Waals surface area contributed by atoms with Crippen LogP contribution in [0.25, 0.3) is 0 Å². The lowest BCUT2D eigenvalue weighted by Gasteiger charge is -2.35. The topological polar surface area (TPSA) is 128 Å². The van der Waals surface area contributed by atoms with Gasteiger partial charge in [-0.05, 0) is 22.2 Å². The van der Waals surface area contributed by atoms with Crippen LogP contribution in [-0.2, 0) is 4.74 Å². The zero-order valence-corrected chi connectivity index (χ0v) is 12.8. The van der Waals surface area contributed by atoms with Crippen molar-refractivity contribution in [3.8, 4) is 0 Å². The van der Waals surface area contributed by atoms with Crippen molar-refractivity contribution in [3.05, 3.63) is 14.8 Å². The number of rotatable bonds is 3. The Kier molecular flexibility index (Phi) is 5.04. The first kappa shape index (κ1) is 15.7. The van der Waals surface area contributed by atoms with Crippen LogP contribution in [0.4, 0.5) is 5.82 Å². The molecule has 8 nitrogen and oxygen atoms in total. The van der Waals surface area contributed by atoms with Crippen molar-refractivity contribution < 1.29 is 20.1 Å². The van der Waals surface area contributed by atoms with Crippen molar-refractivity contribution in [1.82, 2.24) is 9.97 Å². The molecule has 4 atom stereocenters. The van der Waals surface area contributed by atoms with Crippen LogP contribution >= 0.6 is 27.7 Å². The third kappa shape index (κ3) is 3.15. The molecule has 112 valence electrons. The van der Waals surface area contributed by atoms with Crippen molar-refractivity contribution in [1.29, 1.82) is 0 Å². The van der Waals surface area contributed by atoms with Gasteiger partial charge in [0.05, 0.1) is 6.61 Å². The Balaban J connectivity index is 2.22. The molecule has 0 bridgehead atoms. The Labute approximate surface area is 126 Å². The summed E-state index contributed by atoms with van der Waals surface area (Å²) in [6, 6.07) is 0. The van der Waals surface area contributed by atoms with Gasteiger partial charge in [-0.1, -0.05) is 11.8 Å². The maximum atomic E-state index is 11.7. The second-order valence-electron chi connectivity index (χ2n) is 4.18. The Morgan fingerprint density at radius 2 is 2.15 bits per heavy atom. The van der Waals surface area contributed by atoms with Crippen LogP contribution in [0.15, 0.2) is 14.4 Å². The number of nitrogens with zero attached hydrogens (tertiary/aromatic N) is 1. The van der Waals surface area contributed by atoms with Crippen LogP contribution < -0.4 is 10.9 Å². The fourth-order valence-electron chi connectivity index (χ4n) is 1.70.